The van der Waals surface area contributed by atoms with Crippen molar-refractivity contribution in [2.24, 2.45) is 0 Å². The van der Waals surface area contributed by atoms with Gasteiger partial charge in [0.05, 0.1) is 0 Å². The number of aliphatic hydroxyl groups excluding tert-OH is 1. The van der Waals surface area contributed by atoms with Crippen LogP contribution >= 0.6 is 0 Å². The van der Waals surface area contributed by atoms with Crippen molar-refractivity contribution < 1.29 is 5.11 Å². The van der Waals surface area contributed by atoms with Gasteiger partial charge in [0.2, 0.25) is 11.9 Å². The smallest absolute Gasteiger partial charge is 0.227 e. The predicted octanol–water partition coefficient (Wildman–Crippen LogP) is 6.05. The van der Waals surface area contributed by atoms with E-state index in [9.17, 15) is 0 Å². The zero-order valence-corrected chi connectivity index (χ0v) is 21.3. The van der Waals surface area contributed by atoms with Crippen molar-refractivity contribution in [1.82, 2.24) is 15.0 Å². The monoisotopic (exact) mass is 461 g/mol. The maximum Gasteiger partial charge on any atom is 0.227 e. The fraction of sp³-hybridized carbons (Fsp3) is 0.321. The topological polar surface area (TPSA) is 83.0 Å². The highest BCUT2D eigenvalue weighted by molar-refractivity contribution is 5.82. The summed E-state index contributed by atoms with van der Waals surface area (Å²) in [4.78, 5) is 12.4. The van der Waals surface area contributed by atoms with Crippen LogP contribution in [-0.2, 0) is 6.42 Å². The Morgan fingerprint density at radius 2 is 1.03 bits per heavy atom. The molecular weight excluding hydrogens is 422 g/mol. The third-order valence-electron chi connectivity index (χ3n) is 4.60. The molecule has 0 spiro atoms. The minimum atomic E-state index is 0.631. The van der Waals surface area contributed by atoms with Crippen molar-refractivity contribution in [1.29, 1.82) is 0 Å². The fourth-order valence-electron chi connectivity index (χ4n) is 2.91. The van der Waals surface area contributed by atoms with Crippen LogP contribution in [-0.4, -0.2) is 40.3 Å². The van der Waals surface area contributed by atoms with Crippen LogP contribution in [0.2, 0.25) is 0 Å². The minimum Gasteiger partial charge on any atom is -0.400 e. The average Bonchev–Trinajstić information content (AvgIpc) is 2.87. The third-order valence-corrected chi connectivity index (χ3v) is 4.60. The molecule has 1 heterocycles. The molecule has 0 saturated carbocycles. The van der Waals surface area contributed by atoms with E-state index in [0.717, 1.165) is 32.4 Å². The molecule has 0 amide bonds. The molecule has 3 N–H and O–H groups in total. The molecule has 34 heavy (non-hydrogen) atoms. The molecule has 0 atom stereocenters. The Morgan fingerprint density at radius 1 is 0.618 bits per heavy atom. The maximum atomic E-state index is 7.00. The van der Waals surface area contributed by atoms with E-state index in [4.69, 9.17) is 5.11 Å². The van der Waals surface area contributed by atoms with Gasteiger partial charge < -0.3 is 15.7 Å². The average molecular weight is 462 g/mol. The minimum absolute atomic E-state index is 0.631. The van der Waals surface area contributed by atoms with Crippen molar-refractivity contribution in [3.63, 3.8) is 0 Å². The van der Waals surface area contributed by atoms with Crippen molar-refractivity contribution in [2.45, 2.75) is 41.0 Å². The summed E-state index contributed by atoms with van der Waals surface area (Å²) in [7, 11) is 1.00. The van der Waals surface area contributed by atoms with Crippen LogP contribution in [0.3, 0.4) is 0 Å². The number of nitrogens with one attached hydrogen (secondary N) is 2. The number of aryl methyl sites for hydroxylation is 3. The maximum absolute atomic E-state index is 7.00. The highest BCUT2D eigenvalue weighted by Gasteiger charge is 2.00. The summed E-state index contributed by atoms with van der Waals surface area (Å²) in [5, 5.41) is 15.7. The molecule has 4 rings (SSSR count). The van der Waals surface area contributed by atoms with E-state index in [1.807, 2.05) is 20.8 Å². The van der Waals surface area contributed by atoms with Crippen molar-refractivity contribution in [3.05, 3.63) is 89.7 Å². The van der Waals surface area contributed by atoms with Crippen LogP contribution in [0.15, 0.2) is 72.8 Å². The Bertz CT molecular complexity index is 978. The van der Waals surface area contributed by atoms with E-state index in [1.54, 1.807) is 0 Å². The quantitative estimate of drug-likeness (QED) is 0.336. The zero-order chi connectivity index (χ0) is 25.2. The predicted molar refractivity (Wildman–Crippen MR) is 146 cm³/mol. The number of aliphatic hydroxyl groups is 1. The summed E-state index contributed by atoms with van der Waals surface area (Å²) in [6, 6.07) is 25.4. The lowest BCUT2D eigenvalue weighted by Crippen LogP contribution is -2.09. The molecule has 4 aromatic rings. The van der Waals surface area contributed by atoms with Crippen molar-refractivity contribution >= 4 is 22.7 Å². The normalized spacial score (nSPS) is 9.38. The van der Waals surface area contributed by atoms with Gasteiger partial charge in [0, 0.05) is 20.2 Å². The lowest BCUT2D eigenvalue weighted by Gasteiger charge is -2.05. The number of aromatic nitrogens is 3. The second-order valence-electron chi connectivity index (χ2n) is 7.28. The number of anilines is 2. The van der Waals surface area contributed by atoms with Gasteiger partial charge in [-0.2, -0.15) is 15.0 Å². The highest BCUT2D eigenvalue weighted by atomic mass is 16.2. The molecule has 0 bridgehead atoms. The molecular formula is C28H39N5O. The first-order valence-electron chi connectivity index (χ1n) is 11.7. The van der Waals surface area contributed by atoms with Crippen molar-refractivity contribution in [3.8, 4) is 0 Å². The first-order chi connectivity index (χ1) is 16.5. The van der Waals surface area contributed by atoms with Gasteiger partial charge in [-0.05, 0) is 50.5 Å². The van der Waals surface area contributed by atoms with Gasteiger partial charge in [-0.15, -0.1) is 0 Å². The van der Waals surface area contributed by atoms with Crippen LogP contribution in [0.25, 0.3) is 10.8 Å². The summed E-state index contributed by atoms with van der Waals surface area (Å²) in [6.45, 7) is 11.8. The first kappa shape index (κ1) is 28.5. The summed E-state index contributed by atoms with van der Waals surface area (Å²) in [5.41, 5.74) is 2.76. The van der Waals surface area contributed by atoms with Gasteiger partial charge >= 0.3 is 0 Å². The summed E-state index contributed by atoms with van der Waals surface area (Å²) in [6.07, 6.45) is 1.14. The SMILES string of the molecule is CCNc1nc(C)nc(NCC)n1.CCc1ccc(C)cc1.CO.c1ccc2ccccc2c1. The van der Waals surface area contributed by atoms with Gasteiger partial charge in [-0.3, -0.25) is 0 Å². The number of nitrogens with zero attached hydrogens (tertiary/aromatic N) is 3. The van der Waals surface area contributed by atoms with E-state index < -0.39 is 0 Å². The van der Waals surface area contributed by atoms with Gasteiger partial charge in [-0.1, -0.05) is 85.3 Å². The van der Waals surface area contributed by atoms with Crippen LogP contribution < -0.4 is 10.6 Å². The largest absolute Gasteiger partial charge is 0.400 e. The van der Waals surface area contributed by atoms with Gasteiger partial charge in [0.15, 0.2) is 0 Å². The molecule has 0 radical (unpaired) electrons. The molecule has 0 saturated heterocycles. The third kappa shape index (κ3) is 10.9. The molecule has 0 fully saturated rings. The van der Waals surface area contributed by atoms with Gasteiger partial charge in [0.1, 0.15) is 5.82 Å². The Hall–Kier alpha value is -3.51. The number of benzene rings is 3. The standard InChI is InChI=1S/C10H8.C9H12.C8H15N5.CH4O/c1-2-6-10-8-4-3-7-9(10)5-1;1-3-9-6-4-8(2)5-7-9;1-4-9-7-11-6(3)12-8(13-7)10-5-2;1-2/h1-8H;4-7H,3H2,1-2H3;4-5H2,1-3H3,(H2,9,10,11,12,13);2H,1H3. The van der Waals surface area contributed by atoms with Crippen LogP contribution in [0.5, 0.6) is 0 Å². The molecule has 6 nitrogen and oxygen atoms in total. The fourth-order valence-corrected chi connectivity index (χ4v) is 2.91. The molecule has 182 valence electrons. The highest BCUT2D eigenvalue weighted by Crippen LogP contribution is 2.11. The van der Waals surface area contributed by atoms with Crippen LogP contribution in [0, 0.1) is 13.8 Å². The Morgan fingerprint density at radius 3 is 1.38 bits per heavy atom. The number of fused-ring (bicyclic) bond motifs is 1. The summed E-state index contributed by atoms with van der Waals surface area (Å²) < 4.78 is 0. The second-order valence-corrected chi connectivity index (χ2v) is 7.28. The molecule has 0 aliphatic heterocycles. The lowest BCUT2D eigenvalue weighted by atomic mass is 10.1. The van der Waals surface area contributed by atoms with E-state index >= 15 is 0 Å². The molecule has 6 heteroatoms. The van der Waals surface area contributed by atoms with E-state index in [2.05, 4.69) is 112 Å². The Balaban J connectivity index is 0.000000250. The second kappa shape index (κ2) is 17.0. The Kier molecular flexibility index (Phi) is 14.3. The van der Waals surface area contributed by atoms with Crippen molar-refractivity contribution in [2.75, 3.05) is 30.8 Å². The van der Waals surface area contributed by atoms with E-state index in [0.29, 0.717) is 11.9 Å². The molecule has 0 aliphatic carbocycles. The molecule has 1 aromatic heterocycles. The molecule has 0 unspecified atom stereocenters. The van der Waals surface area contributed by atoms with Crippen LogP contribution in [0.1, 0.15) is 37.7 Å². The Labute approximate surface area is 204 Å². The summed E-state index contributed by atoms with van der Waals surface area (Å²) >= 11 is 0. The van der Waals surface area contributed by atoms with Crippen LogP contribution in [0.4, 0.5) is 11.9 Å². The number of rotatable bonds is 5. The summed E-state index contributed by atoms with van der Waals surface area (Å²) in [5.74, 6) is 1.99. The van der Waals surface area contributed by atoms with E-state index in [-0.39, 0.29) is 0 Å². The zero-order valence-electron chi connectivity index (χ0n) is 21.3. The van der Waals surface area contributed by atoms with E-state index in [1.165, 1.54) is 21.9 Å². The molecule has 3 aromatic carbocycles. The number of hydrogen-bond donors (Lipinski definition) is 3. The number of hydrogen-bond acceptors (Lipinski definition) is 6. The van der Waals surface area contributed by atoms with Gasteiger partial charge in [-0.25, -0.2) is 0 Å². The lowest BCUT2D eigenvalue weighted by molar-refractivity contribution is 0.399. The molecule has 0 aliphatic rings. The first-order valence-corrected chi connectivity index (χ1v) is 11.7. The van der Waals surface area contributed by atoms with Gasteiger partial charge in [0.25, 0.3) is 0 Å².